The molecule has 0 fully saturated rings. The highest BCUT2D eigenvalue weighted by molar-refractivity contribution is 9.11. The smallest absolute Gasteiger partial charge is 0.143 e. The monoisotopic (exact) mass is 362 g/mol. The molecule has 0 atom stereocenters. The molecule has 1 rings (SSSR count). The van der Waals surface area contributed by atoms with Crippen molar-refractivity contribution in [3.63, 3.8) is 0 Å². The van der Waals surface area contributed by atoms with E-state index in [4.69, 9.17) is 0 Å². The number of phenolic OH excluding ortho intramolecular Hbond substituents is 1. The molecule has 17 heavy (non-hydrogen) atoms. The van der Waals surface area contributed by atoms with Gasteiger partial charge in [0.05, 0.1) is 8.95 Å². The molecule has 0 aliphatic heterocycles. The molecule has 0 aliphatic carbocycles. The fourth-order valence-corrected chi connectivity index (χ4v) is 3.15. The molecule has 0 saturated carbocycles. The molecule has 0 unspecified atom stereocenters. The van der Waals surface area contributed by atoms with Gasteiger partial charge in [-0.25, -0.2) is 0 Å². The Morgan fingerprint density at radius 3 is 2.06 bits per heavy atom. The van der Waals surface area contributed by atoms with Gasteiger partial charge >= 0.3 is 0 Å². The molecule has 1 aromatic rings. The van der Waals surface area contributed by atoms with Gasteiger partial charge < -0.3 is 5.11 Å². The minimum atomic E-state index is 0.289. The average molecular weight is 364 g/mol. The fourth-order valence-electron chi connectivity index (χ4n) is 1.87. The van der Waals surface area contributed by atoms with Crippen LogP contribution in [0, 0.1) is 0 Å². The fraction of sp³-hybridized carbons (Fsp3) is 0.571. The maximum absolute atomic E-state index is 9.61. The second-order valence-corrected chi connectivity index (χ2v) is 6.13. The normalized spacial score (nSPS) is 10.8. The average Bonchev–Trinajstić information content (AvgIpc) is 2.30. The van der Waals surface area contributed by atoms with Crippen molar-refractivity contribution in [2.45, 2.75) is 51.9 Å². The van der Waals surface area contributed by atoms with Crippen LogP contribution in [0.4, 0.5) is 0 Å². The largest absolute Gasteiger partial charge is 0.506 e. The first-order chi connectivity index (χ1) is 8.15. The molecule has 1 aromatic carbocycles. The maximum atomic E-state index is 9.61. The summed E-state index contributed by atoms with van der Waals surface area (Å²) in [6, 6.07) is 4.01. The van der Waals surface area contributed by atoms with E-state index >= 15 is 0 Å². The van der Waals surface area contributed by atoms with Crippen LogP contribution in [0.15, 0.2) is 21.1 Å². The second-order valence-electron chi connectivity index (χ2n) is 4.43. The highest BCUT2D eigenvalue weighted by Crippen LogP contribution is 2.33. The quantitative estimate of drug-likeness (QED) is 0.605. The molecule has 1 nitrogen and oxygen atoms in total. The third-order valence-electron chi connectivity index (χ3n) is 2.90. The van der Waals surface area contributed by atoms with E-state index in [1.807, 2.05) is 12.1 Å². The van der Waals surface area contributed by atoms with E-state index in [1.54, 1.807) is 0 Å². The summed E-state index contributed by atoms with van der Waals surface area (Å²) in [7, 11) is 0. The predicted molar refractivity (Wildman–Crippen MR) is 80.6 cm³/mol. The number of aromatic hydroxyl groups is 1. The summed E-state index contributed by atoms with van der Waals surface area (Å²) in [4.78, 5) is 0. The number of hydrogen-bond acceptors (Lipinski definition) is 1. The number of halogens is 2. The predicted octanol–water partition coefficient (Wildman–Crippen LogP) is 5.82. The van der Waals surface area contributed by atoms with Crippen molar-refractivity contribution in [2.24, 2.45) is 0 Å². The van der Waals surface area contributed by atoms with Gasteiger partial charge in [0, 0.05) is 0 Å². The zero-order chi connectivity index (χ0) is 12.7. The van der Waals surface area contributed by atoms with Crippen molar-refractivity contribution in [1.82, 2.24) is 0 Å². The molecule has 0 radical (unpaired) electrons. The Morgan fingerprint density at radius 1 is 0.941 bits per heavy atom. The Morgan fingerprint density at radius 2 is 1.47 bits per heavy atom. The number of benzene rings is 1. The Bertz CT molecular complexity index is 327. The van der Waals surface area contributed by atoms with Crippen LogP contribution in [0.1, 0.15) is 51.0 Å². The molecular weight excluding hydrogens is 344 g/mol. The third-order valence-corrected chi connectivity index (χ3v) is 4.10. The van der Waals surface area contributed by atoms with E-state index < -0.39 is 0 Å². The van der Waals surface area contributed by atoms with Gasteiger partial charge in [0.1, 0.15) is 5.75 Å². The van der Waals surface area contributed by atoms with E-state index in [1.165, 1.54) is 44.1 Å². The lowest BCUT2D eigenvalue weighted by molar-refractivity contribution is 0.468. The van der Waals surface area contributed by atoms with Gasteiger partial charge in [0.15, 0.2) is 0 Å². The Balaban J connectivity index is 2.32. The first kappa shape index (κ1) is 15.0. The van der Waals surface area contributed by atoms with Crippen molar-refractivity contribution < 1.29 is 5.11 Å². The number of phenols is 1. The van der Waals surface area contributed by atoms with Gasteiger partial charge in [-0.15, -0.1) is 0 Å². The number of unbranched alkanes of at least 4 members (excludes halogenated alkanes) is 5. The molecule has 0 amide bonds. The minimum absolute atomic E-state index is 0.289. The summed E-state index contributed by atoms with van der Waals surface area (Å²) >= 11 is 6.72. The summed E-state index contributed by atoms with van der Waals surface area (Å²) < 4.78 is 1.54. The van der Waals surface area contributed by atoms with E-state index in [-0.39, 0.29) is 5.75 Å². The van der Waals surface area contributed by atoms with E-state index in [0.717, 1.165) is 15.4 Å². The molecule has 0 aliphatic rings. The van der Waals surface area contributed by atoms with Crippen LogP contribution in [0.3, 0.4) is 0 Å². The molecule has 0 heterocycles. The maximum Gasteiger partial charge on any atom is 0.143 e. The summed E-state index contributed by atoms with van der Waals surface area (Å²) in [5, 5.41) is 9.61. The Hall–Kier alpha value is -0.0200. The summed E-state index contributed by atoms with van der Waals surface area (Å²) in [5.41, 5.74) is 1.28. The first-order valence-electron chi connectivity index (χ1n) is 6.32. The molecule has 0 saturated heterocycles. The van der Waals surface area contributed by atoms with E-state index in [2.05, 4.69) is 38.8 Å². The topological polar surface area (TPSA) is 20.2 Å². The molecule has 0 bridgehead atoms. The second kappa shape index (κ2) is 8.15. The lowest BCUT2D eigenvalue weighted by Gasteiger charge is -2.06. The molecular formula is C14H20Br2O. The third kappa shape index (κ3) is 5.43. The zero-order valence-corrected chi connectivity index (χ0v) is 13.5. The Labute approximate surface area is 121 Å². The van der Waals surface area contributed by atoms with Crippen LogP contribution in [0.2, 0.25) is 0 Å². The lowest BCUT2D eigenvalue weighted by Crippen LogP contribution is -1.87. The standard InChI is InChI=1S/C14H20Br2O/c1-2-3-4-5-6-7-8-11-9-12(15)14(17)13(16)10-11/h9-10,17H,2-8H2,1H3. The van der Waals surface area contributed by atoms with Crippen LogP contribution in [-0.2, 0) is 6.42 Å². The highest BCUT2D eigenvalue weighted by Gasteiger charge is 2.05. The van der Waals surface area contributed by atoms with Crippen molar-refractivity contribution in [3.05, 3.63) is 26.6 Å². The van der Waals surface area contributed by atoms with Gasteiger partial charge in [0.2, 0.25) is 0 Å². The molecule has 0 aromatic heterocycles. The van der Waals surface area contributed by atoms with E-state index in [9.17, 15) is 5.11 Å². The van der Waals surface area contributed by atoms with Crippen LogP contribution in [-0.4, -0.2) is 5.11 Å². The van der Waals surface area contributed by atoms with Crippen LogP contribution >= 0.6 is 31.9 Å². The molecule has 0 spiro atoms. The van der Waals surface area contributed by atoms with Crippen molar-refractivity contribution in [3.8, 4) is 5.75 Å². The van der Waals surface area contributed by atoms with Gasteiger partial charge in [-0.05, 0) is 62.4 Å². The lowest BCUT2D eigenvalue weighted by atomic mass is 10.0. The summed E-state index contributed by atoms with van der Waals surface area (Å²) in [6.07, 6.45) is 8.98. The zero-order valence-electron chi connectivity index (χ0n) is 10.3. The Kier molecular flexibility index (Phi) is 7.21. The molecule has 1 N–H and O–H groups in total. The van der Waals surface area contributed by atoms with Gasteiger partial charge in [-0.1, -0.05) is 39.0 Å². The van der Waals surface area contributed by atoms with Crippen molar-refractivity contribution in [1.29, 1.82) is 0 Å². The highest BCUT2D eigenvalue weighted by atomic mass is 79.9. The van der Waals surface area contributed by atoms with E-state index in [0.29, 0.717) is 0 Å². The van der Waals surface area contributed by atoms with Crippen LogP contribution < -0.4 is 0 Å². The first-order valence-corrected chi connectivity index (χ1v) is 7.90. The van der Waals surface area contributed by atoms with Crippen molar-refractivity contribution >= 4 is 31.9 Å². The SMILES string of the molecule is CCCCCCCCc1cc(Br)c(O)c(Br)c1. The summed E-state index contributed by atoms with van der Waals surface area (Å²) in [6.45, 7) is 2.24. The number of aryl methyl sites for hydroxylation is 1. The number of hydrogen-bond donors (Lipinski definition) is 1. The minimum Gasteiger partial charge on any atom is -0.506 e. The van der Waals surface area contributed by atoms with Gasteiger partial charge in [-0.2, -0.15) is 0 Å². The molecule has 3 heteroatoms. The van der Waals surface area contributed by atoms with Gasteiger partial charge in [0.25, 0.3) is 0 Å². The summed E-state index contributed by atoms with van der Waals surface area (Å²) in [5.74, 6) is 0.289. The van der Waals surface area contributed by atoms with Gasteiger partial charge in [-0.3, -0.25) is 0 Å². The van der Waals surface area contributed by atoms with Crippen LogP contribution in [0.25, 0.3) is 0 Å². The number of rotatable bonds is 7. The molecule has 96 valence electrons. The van der Waals surface area contributed by atoms with Crippen molar-refractivity contribution in [2.75, 3.05) is 0 Å². The van der Waals surface area contributed by atoms with Crippen LogP contribution in [0.5, 0.6) is 5.75 Å².